The molecule has 11 heteroatoms. The third-order valence-corrected chi connectivity index (χ3v) is 7.76. The largest absolute Gasteiger partial charge is 0.497 e. The van der Waals surface area contributed by atoms with E-state index >= 15 is 0 Å². The molecule has 1 saturated carbocycles. The number of carbonyl (C=O) groups is 1. The number of nitrogens with zero attached hydrogens (tertiary/aromatic N) is 6. The summed E-state index contributed by atoms with van der Waals surface area (Å²) in [7, 11) is 1.60. The van der Waals surface area contributed by atoms with Gasteiger partial charge < -0.3 is 19.0 Å². The number of hydrogen-bond acceptors (Lipinski definition) is 8. The number of tetrazole rings is 1. The van der Waals surface area contributed by atoms with E-state index in [-0.39, 0.29) is 17.5 Å². The van der Waals surface area contributed by atoms with Crippen LogP contribution in [0.15, 0.2) is 51.9 Å². The lowest BCUT2D eigenvalue weighted by Crippen LogP contribution is -2.51. The van der Waals surface area contributed by atoms with Gasteiger partial charge in [0, 0.05) is 37.8 Å². The number of nitrogens with one attached hydrogen (secondary N) is 1. The van der Waals surface area contributed by atoms with E-state index in [0.29, 0.717) is 54.6 Å². The second kappa shape index (κ2) is 10.4. The summed E-state index contributed by atoms with van der Waals surface area (Å²) in [5.41, 5.74) is 1.10. The Balaban J connectivity index is 1.37. The highest BCUT2D eigenvalue weighted by atomic mass is 16.5. The third kappa shape index (κ3) is 4.58. The lowest BCUT2D eigenvalue weighted by atomic mass is 9.95. The van der Waals surface area contributed by atoms with Crippen molar-refractivity contribution >= 4 is 16.8 Å². The van der Waals surface area contributed by atoms with Gasteiger partial charge in [0.25, 0.3) is 11.5 Å². The standard InChI is InChI=1S/C27H31N7O4/c1-37-20-10-9-18-16-21(26(35)28-22(18)17-20)24(25-29-30-31-34(25)19-6-3-2-4-7-19)32-11-13-33(14-12-32)27(36)23-8-5-15-38-23/h5,8-10,15-17,19,24H,2-4,6-7,11-14H2,1H3,(H,28,35). The number of H-pyrrole nitrogens is 1. The second-order valence-corrected chi connectivity index (χ2v) is 9.99. The molecule has 4 heterocycles. The molecule has 1 saturated heterocycles. The Labute approximate surface area is 219 Å². The normalized spacial score (nSPS) is 18.1. The molecule has 1 unspecified atom stereocenters. The molecule has 198 valence electrons. The van der Waals surface area contributed by atoms with Gasteiger partial charge in [-0.2, -0.15) is 0 Å². The molecule has 38 heavy (non-hydrogen) atoms. The van der Waals surface area contributed by atoms with Gasteiger partial charge in [-0.25, -0.2) is 4.68 Å². The fraction of sp³-hybridized carbons (Fsp3) is 0.444. The number of furan rings is 1. The molecule has 6 rings (SSSR count). The summed E-state index contributed by atoms with van der Waals surface area (Å²) < 4.78 is 12.6. The molecule has 1 N–H and O–H groups in total. The summed E-state index contributed by atoms with van der Waals surface area (Å²) in [5.74, 6) is 1.55. The molecule has 0 radical (unpaired) electrons. The maximum atomic E-state index is 13.5. The highest BCUT2D eigenvalue weighted by Crippen LogP contribution is 2.33. The van der Waals surface area contributed by atoms with Crippen LogP contribution in [0.1, 0.15) is 66.1 Å². The van der Waals surface area contributed by atoms with Crippen LogP contribution in [0.25, 0.3) is 10.9 Å². The molecule has 2 fully saturated rings. The molecule has 1 atom stereocenters. The smallest absolute Gasteiger partial charge is 0.289 e. The highest BCUT2D eigenvalue weighted by Gasteiger charge is 2.35. The number of fused-ring (bicyclic) bond motifs is 1. The van der Waals surface area contributed by atoms with Crippen LogP contribution in [-0.4, -0.2) is 74.2 Å². The van der Waals surface area contributed by atoms with Crippen molar-refractivity contribution in [1.82, 2.24) is 35.0 Å². The van der Waals surface area contributed by atoms with Gasteiger partial charge >= 0.3 is 0 Å². The number of pyridine rings is 1. The summed E-state index contributed by atoms with van der Waals surface area (Å²) in [6.45, 7) is 2.14. The molecule has 3 aromatic heterocycles. The Hall–Kier alpha value is -3.99. The number of hydrogen-bond donors (Lipinski definition) is 1. The van der Waals surface area contributed by atoms with Crippen LogP contribution in [0.2, 0.25) is 0 Å². The van der Waals surface area contributed by atoms with Gasteiger partial charge in [0.2, 0.25) is 0 Å². The number of carbonyl (C=O) groups excluding carboxylic acids is 1. The third-order valence-electron chi connectivity index (χ3n) is 7.76. The topological polar surface area (TPSA) is 122 Å². The first-order valence-corrected chi connectivity index (χ1v) is 13.2. The van der Waals surface area contributed by atoms with E-state index in [1.54, 1.807) is 24.1 Å². The van der Waals surface area contributed by atoms with E-state index in [2.05, 4.69) is 25.4 Å². The van der Waals surface area contributed by atoms with Crippen molar-refractivity contribution in [3.8, 4) is 5.75 Å². The van der Waals surface area contributed by atoms with Crippen LogP contribution < -0.4 is 10.3 Å². The number of aromatic amines is 1. The van der Waals surface area contributed by atoms with Gasteiger partial charge in [0.1, 0.15) is 11.8 Å². The molecule has 0 spiro atoms. The summed E-state index contributed by atoms with van der Waals surface area (Å²) in [6, 6.07) is 10.7. The van der Waals surface area contributed by atoms with Crippen molar-refractivity contribution in [1.29, 1.82) is 0 Å². The second-order valence-electron chi connectivity index (χ2n) is 9.99. The van der Waals surface area contributed by atoms with Crippen LogP contribution in [0.3, 0.4) is 0 Å². The molecule has 11 nitrogen and oxygen atoms in total. The number of rotatable bonds is 6. The van der Waals surface area contributed by atoms with E-state index in [1.807, 2.05) is 28.9 Å². The molecule has 2 aliphatic rings. The average Bonchev–Trinajstić information content (AvgIpc) is 3.67. The van der Waals surface area contributed by atoms with Crippen LogP contribution in [0, 0.1) is 0 Å². The minimum atomic E-state index is -0.456. The van der Waals surface area contributed by atoms with Crippen molar-refractivity contribution in [3.63, 3.8) is 0 Å². The zero-order valence-electron chi connectivity index (χ0n) is 21.4. The minimum absolute atomic E-state index is 0.129. The number of ether oxygens (including phenoxy) is 1. The first kappa shape index (κ1) is 24.4. The van der Waals surface area contributed by atoms with Crippen LogP contribution in [-0.2, 0) is 0 Å². The molecule has 1 aromatic carbocycles. The van der Waals surface area contributed by atoms with Gasteiger partial charge in [-0.05, 0) is 59.0 Å². The Morgan fingerprint density at radius 3 is 2.66 bits per heavy atom. The summed E-state index contributed by atoms with van der Waals surface area (Å²) >= 11 is 0. The quantitative estimate of drug-likeness (QED) is 0.414. The van der Waals surface area contributed by atoms with E-state index in [4.69, 9.17) is 9.15 Å². The van der Waals surface area contributed by atoms with Gasteiger partial charge in [0.15, 0.2) is 11.6 Å². The maximum Gasteiger partial charge on any atom is 0.289 e. The lowest BCUT2D eigenvalue weighted by molar-refractivity contribution is 0.0556. The van der Waals surface area contributed by atoms with E-state index in [0.717, 1.165) is 31.1 Å². The highest BCUT2D eigenvalue weighted by molar-refractivity contribution is 5.91. The molecular weight excluding hydrogens is 486 g/mol. The summed E-state index contributed by atoms with van der Waals surface area (Å²) in [4.78, 5) is 33.4. The van der Waals surface area contributed by atoms with Gasteiger partial charge in [0.05, 0.1) is 24.9 Å². The first-order chi connectivity index (χ1) is 18.6. The molecule has 1 aliphatic carbocycles. The monoisotopic (exact) mass is 517 g/mol. The van der Waals surface area contributed by atoms with Crippen molar-refractivity contribution < 1.29 is 13.9 Å². The number of aromatic nitrogens is 5. The van der Waals surface area contributed by atoms with Crippen molar-refractivity contribution in [2.24, 2.45) is 0 Å². The molecule has 0 bridgehead atoms. The van der Waals surface area contributed by atoms with Crippen molar-refractivity contribution in [2.75, 3.05) is 33.3 Å². The SMILES string of the molecule is COc1ccc2cc(C(c3nnnn3C3CCCCC3)N3CCN(C(=O)c4ccco4)CC3)c(=O)[nH]c2c1. The maximum absolute atomic E-state index is 13.5. The van der Waals surface area contributed by atoms with E-state index < -0.39 is 6.04 Å². The molecule has 1 amide bonds. The van der Waals surface area contributed by atoms with Gasteiger partial charge in [-0.1, -0.05) is 19.3 Å². The summed E-state index contributed by atoms with van der Waals surface area (Å²) in [6.07, 6.45) is 7.04. The Morgan fingerprint density at radius 2 is 1.92 bits per heavy atom. The molecule has 4 aromatic rings. The Kier molecular flexibility index (Phi) is 6.67. The fourth-order valence-corrected chi connectivity index (χ4v) is 5.73. The van der Waals surface area contributed by atoms with Gasteiger partial charge in [-0.3, -0.25) is 14.5 Å². The van der Waals surface area contributed by atoms with Crippen LogP contribution >= 0.6 is 0 Å². The van der Waals surface area contributed by atoms with Crippen molar-refractivity contribution in [3.05, 3.63) is 70.2 Å². The zero-order valence-corrected chi connectivity index (χ0v) is 21.4. The zero-order chi connectivity index (χ0) is 26.1. The number of amides is 1. The lowest BCUT2D eigenvalue weighted by Gasteiger charge is -2.38. The van der Waals surface area contributed by atoms with E-state index in [1.165, 1.54) is 12.7 Å². The molecular formula is C27H31N7O4. The van der Waals surface area contributed by atoms with Crippen LogP contribution in [0.4, 0.5) is 0 Å². The predicted octanol–water partition coefficient (Wildman–Crippen LogP) is 3.17. The number of piperazine rings is 1. The first-order valence-electron chi connectivity index (χ1n) is 13.2. The number of benzene rings is 1. The van der Waals surface area contributed by atoms with Crippen molar-refractivity contribution in [2.45, 2.75) is 44.2 Å². The molecule has 1 aliphatic heterocycles. The van der Waals surface area contributed by atoms with E-state index in [9.17, 15) is 9.59 Å². The summed E-state index contributed by atoms with van der Waals surface area (Å²) in [5, 5.41) is 13.8. The van der Waals surface area contributed by atoms with Gasteiger partial charge in [-0.15, -0.1) is 5.10 Å². The fourth-order valence-electron chi connectivity index (χ4n) is 5.73. The number of methoxy groups -OCH3 is 1. The Morgan fingerprint density at radius 1 is 1.11 bits per heavy atom. The predicted molar refractivity (Wildman–Crippen MR) is 139 cm³/mol. The average molecular weight is 518 g/mol. The van der Waals surface area contributed by atoms with Crippen LogP contribution in [0.5, 0.6) is 5.75 Å². The minimum Gasteiger partial charge on any atom is -0.497 e. The Bertz CT molecular complexity index is 1460.